The predicted octanol–water partition coefficient (Wildman–Crippen LogP) is 3.32. The van der Waals surface area contributed by atoms with Crippen molar-refractivity contribution in [3.05, 3.63) is 78.5 Å². The summed E-state index contributed by atoms with van der Waals surface area (Å²) in [5.41, 5.74) is 2.08. The smallest absolute Gasteiger partial charge is 0.189 e. The van der Waals surface area contributed by atoms with Crippen LogP contribution in [0.1, 0.15) is 5.82 Å². The van der Waals surface area contributed by atoms with Gasteiger partial charge in [-0.1, -0.05) is 18.2 Å². The number of rotatable bonds is 4. The minimum absolute atomic E-state index is 0.0691. The zero-order valence-corrected chi connectivity index (χ0v) is 14.3. The van der Waals surface area contributed by atoms with E-state index in [-0.39, 0.29) is 12.4 Å². The number of halogens is 2. The Morgan fingerprint density at radius 2 is 1.86 bits per heavy atom. The molecule has 0 saturated heterocycles. The lowest BCUT2D eigenvalue weighted by Crippen LogP contribution is -2.00. The maximum atomic E-state index is 13.7. The molecule has 0 aliphatic heterocycles. The molecule has 3 aromatic heterocycles. The molecule has 0 bridgehead atoms. The summed E-state index contributed by atoms with van der Waals surface area (Å²) in [7, 11) is 0. The second-order valence-electron chi connectivity index (χ2n) is 6.03. The molecule has 0 fully saturated rings. The number of para-hydroxylation sites is 1. The topological polar surface area (TPSA) is 70.1 Å². The van der Waals surface area contributed by atoms with E-state index in [2.05, 4.69) is 20.2 Å². The van der Waals surface area contributed by atoms with Crippen molar-refractivity contribution in [2.24, 2.45) is 0 Å². The van der Waals surface area contributed by atoms with Crippen molar-refractivity contribution >= 4 is 16.7 Å². The van der Waals surface area contributed by atoms with Gasteiger partial charge in [0, 0.05) is 6.07 Å². The minimum Gasteiger partial charge on any atom is -0.482 e. The van der Waals surface area contributed by atoms with Gasteiger partial charge < -0.3 is 4.74 Å². The number of fused-ring (bicyclic) bond motifs is 3. The van der Waals surface area contributed by atoms with Crippen LogP contribution in [-0.4, -0.2) is 29.4 Å². The first-order valence-electron chi connectivity index (χ1n) is 8.40. The van der Waals surface area contributed by atoms with Crippen molar-refractivity contribution < 1.29 is 13.5 Å². The van der Waals surface area contributed by atoms with E-state index in [0.717, 1.165) is 23.2 Å². The molecule has 0 N–H and O–H groups in total. The fourth-order valence-corrected chi connectivity index (χ4v) is 2.92. The number of aromatic nitrogens is 6. The number of ether oxygens (including phenoxy) is 1. The molecule has 0 aliphatic rings. The van der Waals surface area contributed by atoms with E-state index in [0.29, 0.717) is 17.1 Å². The Labute approximate surface area is 156 Å². The van der Waals surface area contributed by atoms with Crippen LogP contribution in [0.2, 0.25) is 0 Å². The summed E-state index contributed by atoms with van der Waals surface area (Å²) in [6.07, 6.45) is 3.21. The van der Waals surface area contributed by atoms with E-state index >= 15 is 0 Å². The summed E-state index contributed by atoms with van der Waals surface area (Å²) < 4.78 is 35.3. The Morgan fingerprint density at radius 1 is 1.00 bits per heavy atom. The molecule has 2 aromatic carbocycles. The van der Waals surface area contributed by atoms with E-state index in [1.165, 1.54) is 16.9 Å². The monoisotopic (exact) mass is 378 g/mol. The van der Waals surface area contributed by atoms with Crippen LogP contribution in [0.25, 0.3) is 22.4 Å². The first-order chi connectivity index (χ1) is 13.7. The molecule has 0 atom stereocenters. The highest BCUT2D eigenvalue weighted by Gasteiger charge is 2.14. The molecule has 0 saturated carbocycles. The summed E-state index contributed by atoms with van der Waals surface area (Å²) in [6, 6.07) is 12.7. The number of hydrogen-bond acceptors (Lipinski definition) is 5. The van der Waals surface area contributed by atoms with Crippen LogP contribution in [0.3, 0.4) is 0 Å². The standard InChI is InChI=1S/C19H12F2N6O/c20-12-6-7-16(15(21)8-12)28-10-17-24-19-14-9-23-27(13-4-2-1-3-5-13)18(14)22-11-26(19)25-17/h1-9,11H,10H2. The van der Waals surface area contributed by atoms with Crippen molar-refractivity contribution in [1.29, 1.82) is 0 Å². The molecule has 0 radical (unpaired) electrons. The van der Waals surface area contributed by atoms with Crippen molar-refractivity contribution in [2.75, 3.05) is 0 Å². The molecular formula is C19H12F2N6O. The lowest BCUT2D eigenvalue weighted by molar-refractivity contribution is 0.280. The van der Waals surface area contributed by atoms with Crippen LogP contribution in [0.15, 0.2) is 61.1 Å². The van der Waals surface area contributed by atoms with Gasteiger partial charge in [-0.3, -0.25) is 0 Å². The highest BCUT2D eigenvalue weighted by atomic mass is 19.1. The van der Waals surface area contributed by atoms with Crippen LogP contribution >= 0.6 is 0 Å². The van der Waals surface area contributed by atoms with E-state index < -0.39 is 11.6 Å². The van der Waals surface area contributed by atoms with Gasteiger partial charge in [0.1, 0.15) is 18.8 Å². The van der Waals surface area contributed by atoms with Crippen LogP contribution in [0, 0.1) is 11.6 Å². The van der Waals surface area contributed by atoms with Gasteiger partial charge in [0.15, 0.2) is 28.7 Å². The Morgan fingerprint density at radius 3 is 2.68 bits per heavy atom. The van der Waals surface area contributed by atoms with Crippen LogP contribution in [-0.2, 0) is 6.61 Å². The molecular weight excluding hydrogens is 366 g/mol. The summed E-state index contributed by atoms with van der Waals surface area (Å²) in [6.45, 7) is -0.0709. The molecule has 3 heterocycles. The lowest BCUT2D eigenvalue weighted by Gasteiger charge is -2.04. The fourth-order valence-electron chi connectivity index (χ4n) is 2.92. The zero-order valence-electron chi connectivity index (χ0n) is 14.3. The molecule has 5 rings (SSSR count). The maximum Gasteiger partial charge on any atom is 0.189 e. The summed E-state index contributed by atoms with van der Waals surface area (Å²) in [4.78, 5) is 8.87. The van der Waals surface area contributed by atoms with Gasteiger partial charge >= 0.3 is 0 Å². The zero-order chi connectivity index (χ0) is 19.1. The Balaban J connectivity index is 1.49. The van der Waals surface area contributed by atoms with Gasteiger partial charge in [0.05, 0.1) is 17.3 Å². The lowest BCUT2D eigenvalue weighted by atomic mass is 10.3. The average Bonchev–Trinajstić information content (AvgIpc) is 3.31. The van der Waals surface area contributed by atoms with Crippen LogP contribution < -0.4 is 4.74 Å². The molecule has 138 valence electrons. The predicted molar refractivity (Wildman–Crippen MR) is 96.1 cm³/mol. The maximum absolute atomic E-state index is 13.7. The van der Waals surface area contributed by atoms with Gasteiger partial charge in [-0.15, -0.1) is 5.10 Å². The first kappa shape index (κ1) is 16.3. The van der Waals surface area contributed by atoms with Crippen molar-refractivity contribution in [3.8, 4) is 11.4 Å². The summed E-state index contributed by atoms with van der Waals surface area (Å²) in [5, 5.41) is 9.41. The third kappa shape index (κ3) is 2.73. The van der Waals surface area contributed by atoms with Gasteiger partial charge in [-0.2, -0.15) is 5.10 Å². The molecule has 0 amide bonds. The van der Waals surface area contributed by atoms with Crippen molar-refractivity contribution in [1.82, 2.24) is 29.4 Å². The molecule has 9 heteroatoms. The second kappa shape index (κ2) is 6.38. The largest absolute Gasteiger partial charge is 0.482 e. The number of nitrogens with zero attached hydrogens (tertiary/aromatic N) is 6. The fraction of sp³-hybridized carbons (Fsp3) is 0.0526. The van der Waals surface area contributed by atoms with Gasteiger partial charge in [0.2, 0.25) is 0 Å². The highest BCUT2D eigenvalue weighted by Crippen LogP contribution is 2.21. The third-order valence-corrected chi connectivity index (χ3v) is 4.20. The molecule has 0 aliphatic carbocycles. The van der Waals surface area contributed by atoms with E-state index in [1.54, 1.807) is 10.9 Å². The van der Waals surface area contributed by atoms with E-state index in [4.69, 9.17) is 4.74 Å². The highest BCUT2D eigenvalue weighted by molar-refractivity contribution is 5.89. The number of hydrogen-bond donors (Lipinski definition) is 0. The minimum atomic E-state index is -0.781. The summed E-state index contributed by atoms with van der Waals surface area (Å²) >= 11 is 0. The summed E-state index contributed by atoms with van der Waals surface area (Å²) in [5.74, 6) is -1.18. The Bertz CT molecular complexity index is 1300. The third-order valence-electron chi connectivity index (χ3n) is 4.20. The molecule has 5 aromatic rings. The van der Waals surface area contributed by atoms with Crippen molar-refractivity contribution in [2.45, 2.75) is 6.61 Å². The molecule has 0 unspecified atom stereocenters. The Kier molecular flexibility index (Phi) is 3.71. The van der Waals surface area contributed by atoms with Crippen LogP contribution in [0.4, 0.5) is 8.78 Å². The molecule has 0 spiro atoms. The molecule has 28 heavy (non-hydrogen) atoms. The normalized spacial score (nSPS) is 11.4. The van der Waals surface area contributed by atoms with Crippen LogP contribution in [0.5, 0.6) is 5.75 Å². The quantitative estimate of drug-likeness (QED) is 0.480. The first-order valence-corrected chi connectivity index (χ1v) is 8.40. The SMILES string of the molecule is Fc1ccc(OCc2nc3c4cnn(-c5ccccc5)c4ncn3n2)c(F)c1. The molecule has 7 nitrogen and oxygen atoms in total. The number of benzene rings is 2. The van der Waals surface area contributed by atoms with E-state index in [9.17, 15) is 8.78 Å². The second-order valence-corrected chi connectivity index (χ2v) is 6.03. The Hall–Kier alpha value is -3.88. The van der Waals surface area contributed by atoms with Crippen molar-refractivity contribution in [3.63, 3.8) is 0 Å². The van der Waals surface area contributed by atoms with Gasteiger partial charge in [-0.25, -0.2) is 27.9 Å². The van der Waals surface area contributed by atoms with E-state index in [1.807, 2.05) is 30.3 Å². The van der Waals surface area contributed by atoms with Gasteiger partial charge in [0.25, 0.3) is 0 Å². The van der Waals surface area contributed by atoms with Gasteiger partial charge in [-0.05, 0) is 24.3 Å². The average molecular weight is 378 g/mol.